The van der Waals surface area contributed by atoms with Crippen LogP contribution in [0.3, 0.4) is 0 Å². The summed E-state index contributed by atoms with van der Waals surface area (Å²) in [4.78, 5) is 16.3. The second-order valence-corrected chi connectivity index (χ2v) is 6.81. The number of hydrogen-bond donors (Lipinski definition) is 0. The maximum absolute atomic E-state index is 12.0. The Morgan fingerprint density at radius 2 is 2.20 bits per heavy atom. The summed E-state index contributed by atoms with van der Waals surface area (Å²) in [5, 5.41) is 0. The molecule has 0 saturated carbocycles. The van der Waals surface area contributed by atoms with Gasteiger partial charge in [-0.15, -0.1) is 0 Å². The SMILES string of the molecule is C=C1C(=O)OC2c3c(C)c(OCc4ccccn4)cc(C)c3CC[C@@H]12. The molecule has 1 fully saturated rings. The van der Waals surface area contributed by atoms with Crippen molar-refractivity contribution in [3.05, 3.63) is 70.6 Å². The van der Waals surface area contributed by atoms with Crippen molar-refractivity contribution in [1.29, 1.82) is 0 Å². The van der Waals surface area contributed by atoms with E-state index in [0.29, 0.717) is 12.2 Å². The summed E-state index contributed by atoms with van der Waals surface area (Å²) in [6.45, 7) is 8.49. The van der Waals surface area contributed by atoms with E-state index in [9.17, 15) is 4.79 Å². The van der Waals surface area contributed by atoms with E-state index < -0.39 is 0 Å². The lowest BCUT2D eigenvalue weighted by Crippen LogP contribution is -2.20. The fourth-order valence-corrected chi connectivity index (χ4v) is 3.96. The summed E-state index contributed by atoms with van der Waals surface area (Å²) in [7, 11) is 0. The van der Waals surface area contributed by atoms with Crippen molar-refractivity contribution in [1.82, 2.24) is 4.98 Å². The average Bonchev–Trinajstić information content (AvgIpc) is 2.92. The molecule has 4 rings (SSSR count). The van der Waals surface area contributed by atoms with Gasteiger partial charge < -0.3 is 9.47 Å². The Balaban J connectivity index is 1.69. The topological polar surface area (TPSA) is 48.4 Å². The lowest BCUT2D eigenvalue weighted by molar-refractivity contribution is -0.139. The third kappa shape index (κ3) is 2.62. The molecule has 0 N–H and O–H groups in total. The van der Waals surface area contributed by atoms with E-state index in [4.69, 9.17) is 9.47 Å². The molecule has 25 heavy (non-hydrogen) atoms. The molecular weight excluding hydrogens is 314 g/mol. The second-order valence-electron chi connectivity index (χ2n) is 6.81. The van der Waals surface area contributed by atoms with Crippen LogP contribution in [0, 0.1) is 19.8 Å². The molecule has 1 aromatic carbocycles. The van der Waals surface area contributed by atoms with E-state index in [0.717, 1.165) is 35.4 Å². The smallest absolute Gasteiger partial charge is 0.334 e. The molecule has 1 aliphatic carbocycles. The number of benzene rings is 1. The Kier molecular flexibility index (Phi) is 3.83. The molecule has 1 unspecified atom stereocenters. The highest BCUT2D eigenvalue weighted by molar-refractivity contribution is 5.91. The molecule has 4 heteroatoms. The normalized spacial score (nSPS) is 21.5. The first-order valence-electron chi connectivity index (χ1n) is 8.61. The molecule has 1 saturated heterocycles. The number of fused-ring (bicyclic) bond motifs is 3. The quantitative estimate of drug-likeness (QED) is 0.628. The van der Waals surface area contributed by atoms with Crippen LogP contribution < -0.4 is 4.74 Å². The zero-order valence-corrected chi connectivity index (χ0v) is 14.5. The van der Waals surface area contributed by atoms with Crippen LogP contribution in [0.4, 0.5) is 0 Å². The number of hydrogen-bond acceptors (Lipinski definition) is 4. The third-order valence-corrected chi connectivity index (χ3v) is 5.32. The number of rotatable bonds is 3. The first-order chi connectivity index (χ1) is 12.1. The van der Waals surface area contributed by atoms with Gasteiger partial charge in [-0.2, -0.15) is 0 Å². The van der Waals surface area contributed by atoms with Gasteiger partial charge in [0.05, 0.1) is 5.69 Å². The van der Waals surface area contributed by atoms with Crippen LogP contribution in [0.1, 0.15) is 40.5 Å². The zero-order valence-electron chi connectivity index (χ0n) is 14.5. The average molecular weight is 335 g/mol. The van der Waals surface area contributed by atoms with Gasteiger partial charge in [-0.25, -0.2) is 4.79 Å². The fourth-order valence-electron chi connectivity index (χ4n) is 3.96. The lowest BCUT2D eigenvalue weighted by Gasteiger charge is -2.30. The van der Waals surface area contributed by atoms with Gasteiger partial charge in [0.25, 0.3) is 0 Å². The number of carbonyl (C=O) groups is 1. The maximum Gasteiger partial charge on any atom is 0.334 e. The first kappa shape index (κ1) is 15.9. The van der Waals surface area contributed by atoms with Crippen molar-refractivity contribution in [2.45, 2.75) is 39.4 Å². The number of pyridine rings is 1. The van der Waals surface area contributed by atoms with Crippen LogP contribution >= 0.6 is 0 Å². The monoisotopic (exact) mass is 335 g/mol. The molecule has 0 bridgehead atoms. The van der Waals surface area contributed by atoms with Crippen molar-refractivity contribution in [3.63, 3.8) is 0 Å². The Morgan fingerprint density at radius 3 is 2.96 bits per heavy atom. The number of nitrogens with zero attached hydrogens (tertiary/aromatic N) is 1. The summed E-state index contributed by atoms with van der Waals surface area (Å²) >= 11 is 0. The van der Waals surface area contributed by atoms with E-state index in [1.807, 2.05) is 25.1 Å². The molecule has 4 nitrogen and oxygen atoms in total. The molecule has 0 radical (unpaired) electrons. The number of ether oxygens (including phenoxy) is 2. The summed E-state index contributed by atoms with van der Waals surface area (Å²) < 4.78 is 11.7. The minimum atomic E-state index is -0.264. The molecular formula is C21H21NO3. The highest BCUT2D eigenvalue weighted by Crippen LogP contribution is 2.49. The van der Waals surface area contributed by atoms with Gasteiger partial charge in [-0.05, 0) is 61.6 Å². The highest BCUT2D eigenvalue weighted by atomic mass is 16.6. The highest BCUT2D eigenvalue weighted by Gasteiger charge is 2.44. The van der Waals surface area contributed by atoms with Crippen LogP contribution in [-0.2, 0) is 22.6 Å². The van der Waals surface area contributed by atoms with Gasteiger partial charge >= 0.3 is 5.97 Å². The van der Waals surface area contributed by atoms with E-state index in [2.05, 4.69) is 24.6 Å². The molecule has 0 amide bonds. The molecule has 2 aromatic rings. The number of aromatic nitrogens is 1. The van der Waals surface area contributed by atoms with Crippen molar-refractivity contribution >= 4 is 5.97 Å². The van der Waals surface area contributed by atoms with Crippen LogP contribution in [0.2, 0.25) is 0 Å². The second kappa shape index (κ2) is 6.03. The molecule has 1 aromatic heterocycles. The predicted molar refractivity (Wildman–Crippen MR) is 94.3 cm³/mol. The fraction of sp³-hybridized carbons (Fsp3) is 0.333. The van der Waals surface area contributed by atoms with E-state index in [1.165, 1.54) is 11.1 Å². The lowest BCUT2D eigenvalue weighted by atomic mass is 9.76. The minimum absolute atomic E-state index is 0.0872. The molecule has 2 atom stereocenters. The number of aryl methyl sites for hydroxylation is 1. The Morgan fingerprint density at radius 1 is 1.36 bits per heavy atom. The van der Waals surface area contributed by atoms with Crippen LogP contribution in [0.5, 0.6) is 5.75 Å². The third-order valence-electron chi connectivity index (χ3n) is 5.32. The van der Waals surface area contributed by atoms with Gasteiger partial charge in [0.15, 0.2) is 0 Å². The Bertz CT molecular complexity index is 857. The van der Waals surface area contributed by atoms with Crippen molar-refractivity contribution in [3.8, 4) is 5.75 Å². The minimum Gasteiger partial charge on any atom is -0.487 e. The number of carbonyl (C=O) groups excluding carboxylic acids is 1. The van der Waals surface area contributed by atoms with Crippen LogP contribution in [0.25, 0.3) is 0 Å². The number of esters is 1. The van der Waals surface area contributed by atoms with Crippen molar-refractivity contribution in [2.24, 2.45) is 5.92 Å². The Hall–Kier alpha value is -2.62. The van der Waals surface area contributed by atoms with Gasteiger partial charge in [0.1, 0.15) is 18.5 Å². The van der Waals surface area contributed by atoms with Crippen molar-refractivity contribution < 1.29 is 14.3 Å². The van der Waals surface area contributed by atoms with Gasteiger partial charge in [-0.1, -0.05) is 12.6 Å². The first-order valence-corrected chi connectivity index (χ1v) is 8.61. The molecule has 128 valence electrons. The molecule has 0 spiro atoms. The summed E-state index contributed by atoms with van der Waals surface area (Å²) in [5.41, 5.74) is 6.12. The van der Waals surface area contributed by atoms with Gasteiger partial charge in [0.2, 0.25) is 0 Å². The molecule has 1 aliphatic heterocycles. The van der Waals surface area contributed by atoms with E-state index in [-0.39, 0.29) is 18.0 Å². The van der Waals surface area contributed by atoms with E-state index in [1.54, 1.807) is 6.20 Å². The zero-order chi connectivity index (χ0) is 17.6. The molecule has 2 heterocycles. The summed E-state index contributed by atoms with van der Waals surface area (Å²) in [5.74, 6) is 0.653. The predicted octanol–water partition coefficient (Wildman–Crippen LogP) is 3.99. The Labute approximate surface area is 147 Å². The van der Waals surface area contributed by atoms with Crippen molar-refractivity contribution in [2.75, 3.05) is 0 Å². The van der Waals surface area contributed by atoms with Crippen LogP contribution in [-0.4, -0.2) is 11.0 Å². The largest absolute Gasteiger partial charge is 0.487 e. The standard InChI is InChI=1S/C21H21NO3/c1-12-10-18(24-11-15-6-4-5-9-22-15)14(3)19-16(12)7-8-17-13(2)21(23)25-20(17)19/h4-6,9-10,17,20H,2,7-8,11H2,1,3H3/t17-,20?/m0/s1. The van der Waals surface area contributed by atoms with Gasteiger partial charge in [-0.3, -0.25) is 4.98 Å². The van der Waals surface area contributed by atoms with Crippen LogP contribution in [0.15, 0.2) is 42.6 Å². The summed E-state index contributed by atoms with van der Waals surface area (Å²) in [6, 6.07) is 7.87. The molecule has 2 aliphatic rings. The van der Waals surface area contributed by atoms with Gasteiger partial charge in [0, 0.05) is 23.3 Å². The summed E-state index contributed by atoms with van der Waals surface area (Å²) in [6.07, 6.45) is 3.40. The van der Waals surface area contributed by atoms with E-state index >= 15 is 0 Å². The maximum atomic E-state index is 12.0.